The molecule has 3 heteroatoms. The zero-order chi connectivity index (χ0) is 11.3. The maximum atomic E-state index is 11.4. The van der Waals surface area contributed by atoms with Crippen molar-refractivity contribution >= 4 is 5.91 Å². The first kappa shape index (κ1) is 11.6. The molecule has 1 amide bonds. The number of amides is 1. The third-order valence-electron chi connectivity index (χ3n) is 1.83. The number of carbonyl (C=O) groups excluding carboxylic acids is 1. The predicted molar refractivity (Wildman–Crippen MR) is 60.2 cm³/mol. The molecule has 1 rings (SSSR count). The molecule has 0 spiro atoms. The topological polar surface area (TPSA) is 38.3 Å². The summed E-state index contributed by atoms with van der Waals surface area (Å²) >= 11 is 0. The molecule has 0 aliphatic rings. The van der Waals surface area contributed by atoms with E-state index >= 15 is 0 Å². The Bertz CT molecular complexity index is 317. The number of hydrogen-bond acceptors (Lipinski definition) is 2. The predicted octanol–water partition coefficient (Wildman–Crippen LogP) is 2.22. The van der Waals surface area contributed by atoms with Gasteiger partial charge in [0.1, 0.15) is 5.75 Å². The number of benzene rings is 1. The number of carbonyl (C=O) groups is 1. The molecule has 0 saturated carbocycles. The third-order valence-corrected chi connectivity index (χ3v) is 1.83. The maximum Gasteiger partial charge on any atom is 0.251 e. The van der Waals surface area contributed by atoms with Gasteiger partial charge in [0.05, 0.1) is 6.10 Å². The van der Waals surface area contributed by atoms with Crippen LogP contribution < -0.4 is 10.1 Å². The lowest BCUT2D eigenvalue weighted by molar-refractivity contribution is 0.0956. The summed E-state index contributed by atoms with van der Waals surface area (Å²) < 4.78 is 5.48. The van der Waals surface area contributed by atoms with E-state index in [9.17, 15) is 4.79 Å². The lowest BCUT2D eigenvalue weighted by atomic mass is 10.2. The molecule has 1 aromatic carbocycles. The molecule has 0 aliphatic heterocycles. The molecule has 15 heavy (non-hydrogen) atoms. The van der Waals surface area contributed by atoms with E-state index in [4.69, 9.17) is 4.74 Å². The largest absolute Gasteiger partial charge is 0.491 e. The molecular formula is C12H17NO2. The van der Waals surface area contributed by atoms with Crippen LogP contribution in [0.5, 0.6) is 5.75 Å². The van der Waals surface area contributed by atoms with E-state index in [1.54, 1.807) is 12.1 Å². The Hall–Kier alpha value is -1.51. The second-order valence-corrected chi connectivity index (χ2v) is 3.55. The number of rotatable bonds is 4. The van der Waals surface area contributed by atoms with Crippen LogP contribution in [0.15, 0.2) is 24.3 Å². The highest BCUT2D eigenvalue weighted by Crippen LogP contribution is 2.13. The van der Waals surface area contributed by atoms with E-state index < -0.39 is 0 Å². The molecule has 0 aliphatic carbocycles. The van der Waals surface area contributed by atoms with Crippen LogP contribution in [0.25, 0.3) is 0 Å². The van der Waals surface area contributed by atoms with E-state index in [0.717, 1.165) is 5.75 Å². The Balaban J connectivity index is 2.67. The van der Waals surface area contributed by atoms with Crippen LogP contribution in [0.4, 0.5) is 0 Å². The van der Waals surface area contributed by atoms with Crippen LogP contribution in [-0.2, 0) is 0 Å². The molecule has 0 atom stereocenters. The Morgan fingerprint density at radius 2 is 1.93 bits per heavy atom. The number of hydrogen-bond donors (Lipinski definition) is 1. The fraction of sp³-hybridized carbons (Fsp3) is 0.417. The summed E-state index contributed by atoms with van der Waals surface area (Å²) in [6.45, 7) is 6.48. The Kier molecular flexibility index (Phi) is 4.16. The first-order valence-electron chi connectivity index (χ1n) is 5.18. The van der Waals surface area contributed by atoms with Crippen molar-refractivity contribution in [2.45, 2.75) is 26.9 Å². The molecule has 0 saturated heterocycles. The fourth-order valence-electron chi connectivity index (χ4n) is 1.22. The molecule has 1 aromatic rings. The van der Waals surface area contributed by atoms with Gasteiger partial charge in [-0.05, 0) is 45.0 Å². The summed E-state index contributed by atoms with van der Waals surface area (Å²) in [6, 6.07) is 7.15. The minimum Gasteiger partial charge on any atom is -0.491 e. The summed E-state index contributed by atoms with van der Waals surface area (Å²) in [5, 5.41) is 2.74. The van der Waals surface area contributed by atoms with Gasteiger partial charge in [-0.2, -0.15) is 0 Å². The average Bonchev–Trinajstić information content (AvgIpc) is 2.18. The van der Waals surface area contributed by atoms with Crippen molar-refractivity contribution in [3.05, 3.63) is 29.8 Å². The van der Waals surface area contributed by atoms with Crippen molar-refractivity contribution in [3.8, 4) is 5.75 Å². The summed E-state index contributed by atoms with van der Waals surface area (Å²) in [4.78, 5) is 11.4. The smallest absolute Gasteiger partial charge is 0.251 e. The second-order valence-electron chi connectivity index (χ2n) is 3.55. The van der Waals surface area contributed by atoms with Gasteiger partial charge >= 0.3 is 0 Å². The van der Waals surface area contributed by atoms with Gasteiger partial charge in [-0.15, -0.1) is 0 Å². The van der Waals surface area contributed by atoms with Crippen molar-refractivity contribution in [1.82, 2.24) is 5.32 Å². The Morgan fingerprint density at radius 1 is 1.33 bits per heavy atom. The van der Waals surface area contributed by atoms with Crippen LogP contribution >= 0.6 is 0 Å². The van der Waals surface area contributed by atoms with Gasteiger partial charge in [0.2, 0.25) is 0 Å². The van der Waals surface area contributed by atoms with Crippen molar-refractivity contribution in [2.75, 3.05) is 6.54 Å². The normalized spacial score (nSPS) is 10.1. The van der Waals surface area contributed by atoms with Crippen molar-refractivity contribution in [1.29, 1.82) is 0 Å². The van der Waals surface area contributed by atoms with Gasteiger partial charge in [0.25, 0.3) is 5.91 Å². The van der Waals surface area contributed by atoms with Gasteiger partial charge in [-0.1, -0.05) is 0 Å². The van der Waals surface area contributed by atoms with Gasteiger partial charge in [0.15, 0.2) is 0 Å². The van der Waals surface area contributed by atoms with Gasteiger partial charge in [0, 0.05) is 12.1 Å². The molecule has 0 fully saturated rings. The van der Waals surface area contributed by atoms with Gasteiger partial charge < -0.3 is 10.1 Å². The summed E-state index contributed by atoms with van der Waals surface area (Å²) in [7, 11) is 0. The molecule has 0 bridgehead atoms. The van der Waals surface area contributed by atoms with Crippen LogP contribution in [0, 0.1) is 0 Å². The zero-order valence-electron chi connectivity index (χ0n) is 9.41. The second kappa shape index (κ2) is 5.39. The van der Waals surface area contributed by atoms with Crippen LogP contribution in [0.3, 0.4) is 0 Å². The van der Waals surface area contributed by atoms with Crippen LogP contribution in [0.1, 0.15) is 31.1 Å². The summed E-state index contributed by atoms with van der Waals surface area (Å²) in [5.41, 5.74) is 0.660. The van der Waals surface area contributed by atoms with Crippen LogP contribution in [0.2, 0.25) is 0 Å². The van der Waals surface area contributed by atoms with Crippen molar-refractivity contribution in [2.24, 2.45) is 0 Å². The molecule has 0 heterocycles. The molecular weight excluding hydrogens is 190 g/mol. The summed E-state index contributed by atoms with van der Waals surface area (Å²) in [6.07, 6.45) is 0.153. The Labute approximate surface area is 90.4 Å². The van der Waals surface area contributed by atoms with E-state index in [-0.39, 0.29) is 12.0 Å². The highest BCUT2D eigenvalue weighted by molar-refractivity contribution is 5.94. The molecule has 82 valence electrons. The molecule has 0 unspecified atom stereocenters. The van der Waals surface area contributed by atoms with E-state index in [1.165, 1.54) is 0 Å². The van der Waals surface area contributed by atoms with E-state index in [0.29, 0.717) is 12.1 Å². The SMILES string of the molecule is CCNC(=O)c1ccc(OC(C)C)cc1. The van der Waals surface area contributed by atoms with Gasteiger partial charge in [-0.25, -0.2) is 0 Å². The summed E-state index contributed by atoms with van der Waals surface area (Å²) in [5.74, 6) is 0.742. The lowest BCUT2D eigenvalue weighted by Gasteiger charge is -2.09. The Morgan fingerprint density at radius 3 is 2.40 bits per heavy atom. The monoisotopic (exact) mass is 207 g/mol. The van der Waals surface area contributed by atoms with E-state index in [2.05, 4.69) is 5.32 Å². The van der Waals surface area contributed by atoms with Crippen molar-refractivity contribution < 1.29 is 9.53 Å². The lowest BCUT2D eigenvalue weighted by Crippen LogP contribution is -2.22. The minimum absolute atomic E-state index is 0.0476. The van der Waals surface area contributed by atoms with Crippen LogP contribution in [-0.4, -0.2) is 18.6 Å². The highest BCUT2D eigenvalue weighted by Gasteiger charge is 2.04. The first-order chi connectivity index (χ1) is 7.13. The number of ether oxygens (including phenoxy) is 1. The molecule has 0 radical (unpaired) electrons. The fourth-order valence-corrected chi connectivity index (χ4v) is 1.22. The minimum atomic E-state index is -0.0476. The third kappa shape index (κ3) is 3.62. The van der Waals surface area contributed by atoms with Gasteiger partial charge in [-0.3, -0.25) is 4.79 Å². The quantitative estimate of drug-likeness (QED) is 0.822. The molecule has 3 nitrogen and oxygen atoms in total. The van der Waals surface area contributed by atoms with E-state index in [1.807, 2.05) is 32.9 Å². The highest BCUT2D eigenvalue weighted by atomic mass is 16.5. The average molecular weight is 207 g/mol. The maximum absolute atomic E-state index is 11.4. The first-order valence-corrected chi connectivity index (χ1v) is 5.18. The standard InChI is InChI=1S/C12H17NO2/c1-4-13-12(14)10-5-7-11(8-6-10)15-9(2)3/h5-9H,4H2,1-3H3,(H,13,14). The number of nitrogens with one attached hydrogen (secondary N) is 1. The van der Waals surface area contributed by atoms with Crippen molar-refractivity contribution in [3.63, 3.8) is 0 Å². The molecule has 1 N–H and O–H groups in total. The zero-order valence-corrected chi connectivity index (χ0v) is 9.41. The molecule has 0 aromatic heterocycles.